The van der Waals surface area contributed by atoms with Crippen molar-refractivity contribution in [2.24, 2.45) is 5.73 Å². The van der Waals surface area contributed by atoms with Crippen LogP contribution in [-0.2, 0) is 16.1 Å². The summed E-state index contributed by atoms with van der Waals surface area (Å²) in [7, 11) is 0. The molecule has 9 nitrogen and oxygen atoms in total. The molecule has 0 fully saturated rings. The van der Waals surface area contributed by atoms with Crippen LogP contribution >= 0.6 is 23.1 Å². The van der Waals surface area contributed by atoms with E-state index in [0.717, 1.165) is 16.6 Å². The molecule has 140 valence electrons. The van der Waals surface area contributed by atoms with Gasteiger partial charge in [-0.3, -0.25) is 14.9 Å². The third-order valence-corrected chi connectivity index (χ3v) is 5.21. The zero-order valence-corrected chi connectivity index (χ0v) is 16.0. The van der Waals surface area contributed by atoms with Gasteiger partial charge < -0.3 is 15.6 Å². The molecule has 0 aliphatic rings. The SMILES string of the molecule is CCNC(=O)NC(=O)C(C)Sc1nnc(-c2cccs2)n1CCC(N)=O. The van der Waals surface area contributed by atoms with Crippen molar-refractivity contribution in [2.45, 2.75) is 37.2 Å². The number of primary amides is 1. The third-order valence-electron chi connectivity index (χ3n) is 3.27. The molecule has 0 aliphatic heterocycles. The predicted octanol–water partition coefficient (Wildman–Crippen LogP) is 1.21. The average molecular weight is 396 g/mol. The molecule has 0 saturated carbocycles. The summed E-state index contributed by atoms with van der Waals surface area (Å²) < 4.78 is 1.76. The van der Waals surface area contributed by atoms with Gasteiger partial charge in [0.15, 0.2) is 11.0 Å². The van der Waals surface area contributed by atoms with Gasteiger partial charge in [0.25, 0.3) is 0 Å². The summed E-state index contributed by atoms with van der Waals surface area (Å²) in [5.74, 6) is -0.267. The van der Waals surface area contributed by atoms with Gasteiger partial charge in [0.05, 0.1) is 10.1 Å². The minimum Gasteiger partial charge on any atom is -0.370 e. The highest BCUT2D eigenvalue weighted by atomic mass is 32.2. The number of hydrogen-bond acceptors (Lipinski definition) is 7. The zero-order valence-electron chi connectivity index (χ0n) is 14.4. The maximum Gasteiger partial charge on any atom is 0.321 e. The lowest BCUT2D eigenvalue weighted by Gasteiger charge is -2.12. The normalized spacial score (nSPS) is 11.8. The Balaban J connectivity index is 2.16. The molecule has 0 aliphatic carbocycles. The van der Waals surface area contributed by atoms with E-state index in [4.69, 9.17) is 5.73 Å². The highest BCUT2D eigenvalue weighted by Gasteiger charge is 2.22. The van der Waals surface area contributed by atoms with Crippen molar-refractivity contribution < 1.29 is 14.4 Å². The molecule has 1 atom stereocenters. The second-order valence-electron chi connectivity index (χ2n) is 5.26. The minimum atomic E-state index is -0.578. The number of thioether (sulfide) groups is 1. The summed E-state index contributed by atoms with van der Waals surface area (Å²) in [6.45, 7) is 4.15. The van der Waals surface area contributed by atoms with Gasteiger partial charge in [0, 0.05) is 19.5 Å². The fourth-order valence-electron chi connectivity index (χ4n) is 2.02. The van der Waals surface area contributed by atoms with Gasteiger partial charge in [-0.15, -0.1) is 21.5 Å². The second-order valence-corrected chi connectivity index (χ2v) is 7.52. The molecule has 2 aromatic rings. The number of hydrogen-bond donors (Lipinski definition) is 3. The van der Waals surface area contributed by atoms with Crippen LogP contribution in [0, 0.1) is 0 Å². The molecule has 0 aromatic carbocycles. The van der Waals surface area contributed by atoms with Gasteiger partial charge in [0.2, 0.25) is 11.8 Å². The first-order valence-corrected chi connectivity index (χ1v) is 9.69. The first kappa shape index (κ1) is 19.9. The van der Waals surface area contributed by atoms with E-state index in [2.05, 4.69) is 20.8 Å². The van der Waals surface area contributed by atoms with Gasteiger partial charge >= 0.3 is 6.03 Å². The third kappa shape index (κ3) is 5.30. The van der Waals surface area contributed by atoms with E-state index >= 15 is 0 Å². The lowest BCUT2D eigenvalue weighted by Crippen LogP contribution is -2.42. The molecule has 11 heteroatoms. The highest BCUT2D eigenvalue weighted by molar-refractivity contribution is 8.00. The summed E-state index contributed by atoms with van der Waals surface area (Å²) in [5, 5.41) is 14.9. The topological polar surface area (TPSA) is 132 Å². The lowest BCUT2D eigenvalue weighted by molar-refractivity contribution is -0.119. The molecule has 4 amide bonds. The number of aromatic nitrogens is 3. The average Bonchev–Trinajstić information content (AvgIpc) is 3.22. The molecule has 2 heterocycles. The van der Waals surface area contributed by atoms with Crippen LogP contribution in [0.15, 0.2) is 22.7 Å². The molecule has 0 radical (unpaired) electrons. The Labute approximate surface area is 158 Å². The molecule has 0 spiro atoms. The van der Waals surface area contributed by atoms with Crippen molar-refractivity contribution in [1.29, 1.82) is 0 Å². The van der Waals surface area contributed by atoms with Crippen LogP contribution in [-0.4, -0.2) is 44.4 Å². The van der Waals surface area contributed by atoms with Crippen molar-refractivity contribution in [3.05, 3.63) is 17.5 Å². The van der Waals surface area contributed by atoms with Gasteiger partial charge in [-0.1, -0.05) is 17.8 Å². The highest BCUT2D eigenvalue weighted by Crippen LogP contribution is 2.29. The fourth-order valence-corrected chi connectivity index (χ4v) is 3.61. The van der Waals surface area contributed by atoms with Crippen LogP contribution in [0.1, 0.15) is 20.3 Å². The Kier molecular flexibility index (Phi) is 7.16. The lowest BCUT2D eigenvalue weighted by atomic mass is 10.4. The Hall–Kier alpha value is -2.40. The van der Waals surface area contributed by atoms with E-state index in [0.29, 0.717) is 24.1 Å². The fraction of sp³-hybridized carbons (Fsp3) is 0.400. The summed E-state index contributed by atoms with van der Waals surface area (Å²) in [6, 6.07) is 3.25. The number of carbonyl (C=O) groups is 3. The molecule has 0 bridgehead atoms. The predicted molar refractivity (Wildman–Crippen MR) is 99.7 cm³/mol. The number of urea groups is 1. The van der Waals surface area contributed by atoms with Crippen LogP contribution in [0.3, 0.4) is 0 Å². The Morgan fingerprint density at radius 1 is 1.38 bits per heavy atom. The zero-order chi connectivity index (χ0) is 19.1. The standard InChI is InChI=1S/C15H20N6O3S2/c1-3-17-14(24)18-13(23)9(2)26-15-20-19-12(10-5-4-8-25-10)21(15)7-6-11(16)22/h4-5,8-9H,3,6-7H2,1-2H3,(H2,16,22)(H2,17,18,23,24). The van der Waals surface area contributed by atoms with Crippen LogP contribution in [0.4, 0.5) is 4.79 Å². The summed E-state index contributed by atoms with van der Waals surface area (Å²) in [4.78, 5) is 35.7. The summed E-state index contributed by atoms with van der Waals surface area (Å²) >= 11 is 2.65. The summed E-state index contributed by atoms with van der Waals surface area (Å²) in [5.41, 5.74) is 5.25. The number of carbonyl (C=O) groups excluding carboxylic acids is 3. The molecular weight excluding hydrogens is 376 g/mol. The summed E-state index contributed by atoms with van der Waals surface area (Å²) in [6.07, 6.45) is 0.128. The van der Waals surface area contributed by atoms with E-state index < -0.39 is 23.1 Å². The van der Waals surface area contributed by atoms with Crippen molar-refractivity contribution in [2.75, 3.05) is 6.54 Å². The first-order valence-electron chi connectivity index (χ1n) is 7.93. The Morgan fingerprint density at radius 3 is 2.77 bits per heavy atom. The van der Waals surface area contributed by atoms with E-state index in [9.17, 15) is 14.4 Å². The molecule has 26 heavy (non-hydrogen) atoms. The molecule has 2 aromatic heterocycles. The molecule has 2 rings (SSSR count). The molecular formula is C15H20N6O3S2. The largest absolute Gasteiger partial charge is 0.370 e. The van der Waals surface area contributed by atoms with Gasteiger partial charge in [-0.05, 0) is 25.3 Å². The van der Waals surface area contributed by atoms with Crippen molar-refractivity contribution in [3.8, 4) is 10.7 Å². The number of amides is 4. The van der Waals surface area contributed by atoms with E-state index in [1.54, 1.807) is 18.4 Å². The quantitative estimate of drug-likeness (QED) is 0.575. The molecule has 4 N–H and O–H groups in total. The first-order chi connectivity index (χ1) is 12.4. The van der Waals surface area contributed by atoms with Crippen LogP contribution in [0.25, 0.3) is 10.7 Å². The second kappa shape index (κ2) is 9.34. The molecule has 0 saturated heterocycles. The number of thiophene rings is 1. The van der Waals surface area contributed by atoms with Crippen molar-refractivity contribution in [3.63, 3.8) is 0 Å². The Morgan fingerprint density at radius 2 is 2.15 bits per heavy atom. The van der Waals surface area contributed by atoms with Crippen LogP contribution in [0.2, 0.25) is 0 Å². The minimum absolute atomic E-state index is 0.128. The van der Waals surface area contributed by atoms with Gasteiger partial charge in [0.1, 0.15) is 0 Å². The molecule has 1 unspecified atom stereocenters. The number of nitrogens with zero attached hydrogens (tertiary/aromatic N) is 3. The number of rotatable bonds is 8. The number of nitrogens with one attached hydrogen (secondary N) is 2. The van der Waals surface area contributed by atoms with E-state index in [1.807, 2.05) is 17.5 Å². The van der Waals surface area contributed by atoms with Crippen LogP contribution in [0.5, 0.6) is 0 Å². The maximum atomic E-state index is 12.1. The van der Waals surface area contributed by atoms with Crippen molar-refractivity contribution >= 4 is 40.9 Å². The van der Waals surface area contributed by atoms with E-state index in [1.165, 1.54) is 11.3 Å². The smallest absolute Gasteiger partial charge is 0.321 e. The Bertz CT molecular complexity index is 774. The van der Waals surface area contributed by atoms with Crippen LogP contribution < -0.4 is 16.4 Å². The monoisotopic (exact) mass is 396 g/mol. The van der Waals surface area contributed by atoms with Gasteiger partial charge in [-0.25, -0.2) is 4.79 Å². The van der Waals surface area contributed by atoms with Gasteiger partial charge in [-0.2, -0.15) is 0 Å². The number of nitrogens with two attached hydrogens (primary N) is 1. The van der Waals surface area contributed by atoms with Crippen molar-refractivity contribution in [1.82, 2.24) is 25.4 Å². The maximum absolute atomic E-state index is 12.1. The number of imide groups is 1. The van der Waals surface area contributed by atoms with E-state index in [-0.39, 0.29) is 6.42 Å².